The van der Waals surface area contributed by atoms with Crippen molar-refractivity contribution in [2.24, 2.45) is 5.92 Å². The van der Waals surface area contributed by atoms with Crippen LogP contribution < -0.4 is 10.6 Å². The zero-order chi connectivity index (χ0) is 27.9. The van der Waals surface area contributed by atoms with E-state index in [0.29, 0.717) is 11.3 Å². The summed E-state index contributed by atoms with van der Waals surface area (Å²) in [5.41, 5.74) is 0.326. The van der Waals surface area contributed by atoms with Crippen molar-refractivity contribution < 1.29 is 24.2 Å². The number of nitrogens with zero attached hydrogens (tertiary/aromatic N) is 2. The van der Waals surface area contributed by atoms with E-state index < -0.39 is 48.1 Å². The van der Waals surface area contributed by atoms with Crippen molar-refractivity contribution >= 4 is 35.2 Å². The number of aryl methyl sites for hydroxylation is 1. The van der Waals surface area contributed by atoms with Gasteiger partial charge in [0.1, 0.15) is 30.0 Å². The molecule has 3 amide bonds. The molecule has 0 saturated carbocycles. The molecule has 10 heteroatoms. The monoisotopic (exact) mass is 528 g/mol. The van der Waals surface area contributed by atoms with E-state index in [2.05, 4.69) is 10.6 Å². The van der Waals surface area contributed by atoms with Gasteiger partial charge >= 0.3 is 6.09 Å². The Kier molecular flexibility index (Phi) is 9.92. The van der Waals surface area contributed by atoms with Crippen molar-refractivity contribution in [2.75, 3.05) is 11.9 Å². The summed E-state index contributed by atoms with van der Waals surface area (Å²) in [6, 6.07) is 10.5. The highest BCUT2D eigenvalue weighted by Crippen LogP contribution is 2.33. The van der Waals surface area contributed by atoms with Gasteiger partial charge < -0.3 is 25.4 Å². The van der Waals surface area contributed by atoms with Crippen LogP contribution in [0.2, 0.25) is 5.02 Å². The van der Waals surface area contributed by atoms with E-state index in [1.165, 1.54) is 12.1 Å². The number of carbonyl (C=O) groups is 3. The summed E-state index contributed by atoms with van der Waals surface area (Å²) in [5.74, 6) is -2.04. The molecule has 37 heavy (non-hydrogen) atoms. The number of phenols is 1. The quantitative estimate of drug-likeness (QED) is 0.416. The molecule has 0 bridgehead atoms. The van der Waals surface area contributed by atoms with E-state index in [0.717, 1.165) is 4.90 Å². The number of carbonyl (C=O) groups excluding carboxylic acids is 3. The number of halogens is 1. The molecule has 0 saturated heterocycles. The third-order valence-corrected chi connectivity index (χ3v) is 5.71. The summed E-state index contributed by atoms with van der Waals surface area (Å²) in [7, 11) is 0. The molecule has 2 rings (SSSR count). The Morgan fingerprint density at radius 2 is 1.78 bits per heavy atom. The van der Waals surface area contributed by atoms with Crippen LogP contribution in [-0.4, -0.2) is 46.1 Å². The van der Waals surface area contributed by atoms with Gasteiger partial charge in [-0.2, -0.15) is 5.26 Å². The Balaban J connectivity index is 2.55. The normalized spacial score (nSPS) is 12.7. The molecule has 0 heterocycles. The first kappa shape index (κ1) is 29.5. The van der Waals surface area contributed by atoms with Gasteiger partial charge in [-0.1, -0.05) is 55.8 Å². The molecule has 0 radical (unpaired) electrons. The zero-order valence-electron chi connectivity index (χ0n) is 21.8. The van der Waals surface area contributed by atoms with Crippen LogP contribution >= 0.6 is 11.6 Å². The summed E-state index contributed by atoms with van der Waals surface area (Å²) in [6.45, 7) is 9.77. The lowest BCUT2D eigenvalue weighted by atomic mass is 9.98. The molecule has 9 nitrogen and oxygen atoms in total. The van der Waals surface area contributed by atoms with Crippen LogP contribution in [0.25, 0.3) is 0 Å². The molecule has 0 fully saturated rings. The van der Waals surface area contributed by atoms with E-state index >= 15 is 0 Å². The second-order valence-corrected chi connectivity index (χ2v) is 10.3. The van der Waals surface area contributed by atoms with Crippen LogP contribution in [0.5, 0.6) is 5.75 Å². The van der Waals surface area contributed by atoms with Crippen molar-refractivity contribution in [1.29, 1.82) is 5.26 Å². The van der Waals surface area contributed by atoms with Gasteiger partial charge in [-0.3, -0.25) is 9.59 Å². The van der Waals surface area contributed by atoms with Gasteiger partial charge in [-0.25, -0.2) is 4.79 Å². The number of ether oxygens (including phenoxy) is 1. The number of rotatable bonds is 8. The smallest absolute Gasteiger partial charge is 0.408 e. The summed E-state index contributed by atoms with van der Waals surface area (Å²) in [5, 5.41) is 25.8. The van der Waals surface area contributed by atoms with Gasteiger partial charge in [-0.05, 0) is 51.3 Å². The molecule has 0 aromatic heterocycles. The van der Waals surface area contributed by atoms with Crippen molar-refractivity contribution in [3.63, 3.8) is 0 Å². The van der Waals surface area contributed by atoms with E-state index in [9.17, 15) is 24.8 Å². The lowest BCUT2D eigenvalue weighted by Crippen LogP contribution is -2.54. The number of aromatic hydroxyl groups is 1. The number of alkyl carbamates (subject to hydrolysis) is 1. The average molecular weight is 529 g/mol. The molecule has 2 aromatic rings. The van der Waals surface area contributed by atoms with Gasteiger partial charge in [0.05, 0.1) is 16.8 Å². The number of anilines is 1. The van der Waals surface area contributed by atoms with Crippen molar-refractivity contribution in [3.8, 4) is 11.8 Å². The number of hydrogen-bond donors (Lipinski definition) is 3. The maximum atomic E-state index is 13.8. The van der Waals surface area contributed by atoms with Gasteiger partial charge in [0, 0.05) is 5.56 Å². The van der Waals surface area contributed by atoms with Gasteiger partial charge in [0.15, 0.2) is 0 Å². The lowest BCUT2D eigenvalue weighted by molar-refractivity contribution is -0.141. The Bertz CT molecular complexity index is 1170. The number of amides is 3. The van der Waals surface area contributed by atoms with Crippen LogP contribution in [0, 0.1) is 24.2 Å². The van der Waals surface area contributed by atoms with Crippen LogP contribution in [0.1, 0.15) is 51.8 Å². The fraction of sp³-hybridized carbons (Fsp3) is 0.407. The topological polar surface area (TPSA) is 132 Å². The summed E-state index contributed by atoms with van der Waals surface area (Å²) in [6.07, 6.45) is -0.813. The Hall–Kier alpha value is -3.77. The van der Waals surface area contributed by atoms with E-state index in [1.807, 2.05) is 6.07 Å². The molecule has 2 atom stereocenters. The summed E-state index contributed by atoms with van der Waals surface area (Å²) >= 11 is 6.30. The number of hydrogen-bond acceptors (Lipinski definition) is 6. The third-order valence-electron chi connectivity index (χ3n) is 5.39. The van der Waals surface area contributed by atoms with Crippen LogP contribution in [0.15, 0.2) is 42.5 Å². The SMILES string of the molecule is Cc1cccc(Cl)c1NC(=O)C(c1ccccc1O)N(CC#N)C(=O)C(NC(=O)OC(C)(C)C)C(C)C. The van der Waals surface area contributed by atoms with Gasteiger partial charge in [0.25, 0.3) is 5.91 Å². The van der Waals surface area contributed by atoms with E-state index in [1.54, 1.807) is 71.9 Å². The highest BCUT2D eigenvalue weighted by molar-refractivity contribution is 6.34. The number of phenolic OH excluding ortho intramolecular Hbond substituents is 1. The first-order valence-electron chi connectivity index (χ1n) is 11.8. The Morgan fingerprint density at radius 1 is 1.14 bits per heavy atom. The number of benzene rings is 2. The van der Waals surface area contributed by atoms with Crippen molar-refractivity contribution in [2.45, 2.75) is 59.2 Å². The lowest BCUT2D eigenvalue weighted by Gasteiger charge is -2.34. The molecular formula is C27H33ClN4O5. The zero-order valence-corrected chi connectivity index (χ0v) is 22.6. The fourth-order valence-electron chi connectivity index (χ4n) is 3.65. The second-order valence-electron chi connectivity index (χ2n) is 9.87. The Morgan fingerprint density at radius 3 is 2.32 bits per heavy atom. The minimum Gasteiger partial charge on any atom is -0.508 e. The second kappa shape index (κ2) is 12.5. The molecular weight excluding hydrogens is 496 g/mol. The summed E-state index contributed by atoms with van der Waals surface area (Å²) < 4.78 is 5.31. The minimum absolute atomic E-state index is 0.105. The standard InChI is InChI=1S/C27H33ClN4O5/c1-16(2)21(31-26(36)37-27(4,5)6)25(35)32(15-14-29)23(18-11-7-8-13-20(18)33)24(34)30-22-17(3)10-9-12-19(22)28/h7-13,16,21,23,33H,15H2,1-6H3,(H,30,34)(H,31,36). The average Bonchev–Trinajstić information content (AvgIpc) is 2.79. The molecule has 0 aliphatic carbocycles. The molecule has 198 valence electrons. The van der Waals surface area contributed by atoms with Crippen LogP contribution in [-0.2, 0) is 14.3 Å². The predicted octanol–water partition coefficient (Wildman–Crippen LogP) is 4.94. The predicted molar refractivity (Wildman–Crippen MR) is 141 cm³/mol. The maximum Gasteiger partial charge on any atom is 0.408 e. The molecule has 0 aliphatic rings. The van der Waals surface area contributed by atoms with Crippen molar-refractivity contribution in [3.05, 3.63) is 58.6 Å². The summed E-state index contributed by atoms with van der Waals surface area (Å²) in [4.78, 5) is 41.0. The van der Waals surface area contributed by atoms with Crippen molar-refractivity contribution in [1.82, 2.24) is 10.2 Å². The highest BCUT2D eigenvalue weighted by atomic mass is 35.5. The first-order chi connectivity index (χ1) is 17.3. The molecule has 2 aromatic carbocycles. The molecule has 2 unspecified atom stereocenters. The van der Waals surface area contributed by atoms with Crippen LogP contribution in [0.3, 0.4) is 0 Å². The maximum absolute atomic E-state index is 13.8. The van der Waals surface area contributed by atoms with Gasteiger partial charge in [-0.15, -0.1) is 0 Å². The highest BCUT2D eigenvalue weighted by Gasteiger charge is 2.38. The molecule has 0 aliphatic heterocycles. The minimum atomic E-state index is -1.41. The fourth-order valence-corrected chi connectivity index (χ4v) is 3.92. The number of nitriles is 1. The largest absolute Gasteiger partial charge is 0.508 e. The van der Waals surface area contributed by atoms with E-state index in [4.69, 9.17) is 16.3 Å². The Labute approximate surface area is 222 Å². The molecule has 0 spiro atoms. The first-order valence-corrected chi connectivity index (χ1v) is 12.2. The van der Waals surface area contributed by atoms with Crippen LogP contribution in [0.4, 0.5) is 10.5 Å². The third kappa shape index (κ3) is 7.86. The molecule has 3 N–H and O–H groups in total. The number of para-hydroxylation sites is 2. The van der Waals surface area contributed by atoms with Gasteiger partial charge in [0.2, 0.25) is 5.91 Å². The number of nitrogens with one attached hydrogen (secondary N) is 2. The van der Waals surface area contributed by atoms with E-state index in [-0.39, 0.29) is 16.3 Å².